The van der Waals surface area contributed by atoms with Gasteiger partial charge in [-0.15, -0.1) is 0 Å². The van der Waals surface area contributed by atoms with Gasteiger partial charge in [0, 0.05) is 12.8 Å². The van der Waals surface area contributed by atoms with E-state index in [1.165, 1.54) is 109 Å². The number of hydrogen-bond donors (Lipinski definition) is 0. The molecule has 0 bridgehead atoms. The van der Waals surface area contributed by atoms with E-state index in [1.54, 1.807) is 6.08 Å². The van der Waals surface area contributed by atoms with E-state index in [1.807, 2.05) is 6.08 Å². The fourth-order valence-corrected chi connectivity index (χ4v) is 6.34. The van der Waals surface area contributed by atoms with Crippen molar-refractivity contribution < 1.29 is 28.6 Å². The van der Waals surface area contributed by atoms with E-state index < -0.39 is 12.1 Å². The minimum Gasteiger partial charge on any atom is -0.462 e. The zero-order chi connectivity index (χ0) is 40.8. The van der Waals surface area contributed by atoms with Crippen LogP contribution in [0.15, 0.2) is 60.8 Å². The lowest BCUT2D eigenvalue weighted by molar-refractivity contribution is -0.166. The molecule has 6 nitrogen and oxygen atoms in total. The largest absolute Gasteiger partial charge is 0.462 e. The Bertz CT molecular complexity index is 1040. The smallest absolute Gasteiger partial charge is 0.309 e. The molecular formula is C50H86O6. The summed E-state index contributed by atoms with van der Waals surface area (Å²) in [5.74, 6) is -1.04. The molecule has 0 aliphatic carbocycles. The Balaban J connectivity index is 4.47. The molecule has 0 rings (SSSR count). The molecule has 322 valence electrons. The van der Waals surface area contributed by atoms with Crippen molar-refractivity contribution in [3.05, 3.63) is 60.8 Å². The van der Waals surface area contributed by atoms with Crippen LogP contribution >= 0.6 is 0 Å². The second-order valence-corrected chi connectivity index (χ2v) is 15.3. The van der Waals surface area contributed by atoms with Gasteiger partial charge in [0.15, 0.2) is 6.10 Å². The van der Waals surface area contributed by atoms with Crippen LogP contribution in [0.25, 0.3) is 0 Å². The first-order chi connectivity index (χ1) is 27.5. The highest BCUT2D eigenvalue weighted by Gasteiger charge is 2.19. The number of carbonyl (C=O) groups is 3. The van der Waals surface area contributed by atoms with Crippen molar-refractivity contribution in [1.29, 1.82) is 0 Å². The standard InChI is InChI=1S/C50H86O6/c1-4-7-10-13-16-19-21-23-25-27-28-31-34-37-40-43-49(52)55-46-47(45-54-48(51)42-39-36-33-30-18-15-12-9-6-3)56-50(53)44-41-38-35-32-29-26-24-22-20-17-14-11-8-5-2/h7,10,16,19,23,25,28,31,37,40,47H,4-6,8-9,11-15,17-18,20-22,24,26-27,29-30,32-36,38-39,41-46H2,1-3H3/b10-7-,19-16-,25-23-,31-28-,40-37-. The summed E-state index contributed by atoms with van der Waals surface area (Å²) < 4.78 is 16.6. The fraction of sp³-hybridized carbons (Fsp3) is 0.740. The van der Waals surface area contributed by atoms with Gasteiger partial charge in [-0.25, -0.2) is 0 Å². The molecule has 0 N–H and O–H groups in total. The zero-order valence-electron chi connectivity index (χ0n) is 36.6. The van der Waals surface area contributed by atoms with Gasteiger partial charge in [0.2, 0.25) is 0 Å². The van der Waals surface area contributed by atoms with Crippen molar-refractivity contribution >= 4 is 17.9 Å². The fourth-order valence-electron chi connectivity index (χ4n) is 6.34. The molecule has 0 radical (unpaired) electrons. The normalized spacial score (nSPS) is 12.6. The number of allylic oxidation sites excluding steroid dienone is 9. The van der Waals surface area contributed by atoms with Crippen molar-refractivity contribution in [2.45, 2.75) is 226 Å². The molecule has 0 aromatic rings. The summed E-state index contributed by atoms with van der Waals surface area (Å²) >= 11 is 0. The maximum atomic E-state index is 12.7. The minimum absolute atomic E-state index is 0.101. The van der Waals surface area contributed by atoms with E-state index in [0.717, 1.165) is 70.6 Å². The van der Waals surface area contributed by atoms with Crippen molar-refractivity contribution in [3.8, 4) is 0 Å². The molecule has 0 saturated heterocycles. The molecule has 6 heteroatoms. The number of carbonyl (C=O) groups excluding carboxylic acids is 3. The first-order valence-corrected chi connectivity index (χ1v) is 23.3. The van der Waals surface area contributed by atoms with E-state index in [-0.39, 0.29) is 31.6 Å². The molecule has 0 amide bonds. The summed E-state index contributed by atoms with van der Waals surface area (Å²) in [6.07, 6.45) is 53.7. The van der Waals surface area contributed by atoms with Gasteiger partial charge in [0.25, 0.3) is 0 Å². The molecule has 0 fully saturated rings. The van der Waals surface area contributed by atoms with Crippen LogP contribution in [-0.4, -0.2) is 37.2 Å². The first-order valence-electron chi connectivity index (χ1n) is 23.3. The highest BCUT2D eigenvalue weighted by atomic mass is 16.6. The Kier molecular flexibility index (Phi) is 42.5. The van der Waals surface area contributed by atoms with Crippen LogP contribution < -0.4 is 0 Å². The summed E-state index contributed by atoms with van der Waals surface area (Å²) in [5, 5.41) is 0. The van der Waals surface area contributed by atoms with Crippen molar-refractivity contribution in [3.63, 3.8) is 0 Å². The molecule has 0 aromatic heterocycles. The average molecular weight is 783 g/mol. The van der Waals surface area contributed by atoms with E-state index >= 15 is 0 Å². The molecule has 0 spiro atoms. The van der Waals surface area contributed by atoms with Gasteiger partial charge in [-0.2, -0.15) is 0 Å². The molecule has 0 aliphatic heterocycles. The average Bonchev–Trinajstić information content (AvgIpc) is 3.19. The Morgan fingerprint density at radius 3 is 1.09 bits per heavy atom. The Hall–Kier alpha value is -2.89. The molecule has 0 aromatic carbocycles. The molecule has 0 saturated carbocycles. The van der Waals surface area contributed by atoms with E-state index in [9.17, 15) is 14.4 Å². The predicted octanol–water partition coefficient (Wildman–Crippen LogP) is 14.9. The third-order valence-electron chi connectivity index (χ3n) is 9.82. The van der Waals surface area contributed by atoms with Crippen molar-refractivity contribution in [1.82, 2.24) is 0 Å². The van der Waals surface area contributed by atoms with Crippen molar-refractivity contribution in [2.24, 2.45) is 0 Å². The van der Waals surface area contributed by atoms with Gasteiger partial charge >= 0.3 is 17.9 Å². The lowest BCUT2D eigenvalue weighted by Crippen LogP contribution is -2.30. The monoisotopic (exact) mass is 783 g/mol. The van der Waals surface area contributed by atoms with Crippen LogP contribution in [0.4, 0.5) is 0 Å². The number of esters is 3. The van der Waals surface area contributed by atoms with E-state index in [0.29, 0.717) is 12.8 Å². The number of hydrogen-bond acceptors (Lipinski definition) is 6. The van der Waals surface area contributed by atoms with Crippen LogP contribution in [-0.2, 0) is 28.6 Å². The van der Waals surface area contributed by atoms with Crippen LogP contribution in [0.3, 0.4) is 0 Å². The molecule has 1 atom stereocenters. The summed E-state index contributed by atoms with van der Waals surface area (Å²) in [4.78, 5) is 37.7. The molecule has 56 heavy (non-hydrogen) atoms. The lowest BCUT2D eigenvalue weighted by atomic mass is 10.0. The SMILES string of the molecule is CC/C=C\C/C=C\C/C=C\C/C=C\C/C=C\CC(=O)OCC(COC(=O)CCCCCCCCCCC)OC(=O)CCCCCCCCCCCCCCCC. The third-order valence-corrected chi connectivity index (χ3v) is 9.82. The highest BCUT2D eigenvalue weighted by Crippen LogP contribution is 2.15. The van der Waals surface area contributed by atoms with Crippen molar-refractivity contribution in [2.75, 3.05) is 13.2 Å². The topological polar surface area (TPSA) is 78.9 Å². The quantitative estimate of drug-likeness (QED) is 0.0266. The van der Waals surface area contributed by atoms with Crippen LogP contribution in [0.5, 0.6) is 0 Å². The summed E-state index contributed by atoms with van der Waals surface area (Å²) in [7, 11) is 0. The Labute approximate surface area is 345 Å². The maximum absolute atomic E-state index is 12.7. The van der Waals surface area contributed by atoms with Gasteiger partial charge in [0.1, 0.15) is 13.2 Å². The van der Waals surface area contributed by atoms with Crippen LogP contribution in [0.2, 0.25) is 0 Å². The first kappa shape index (κ1) is 53.1. The Morgan fingerprint density at radius 1 is 0.375 bits per heavy atom. The van der Waals surface area contributed by atoms with Gasteiger partial charge in [-0.05, 0) is 44.9 Å². The summed E-state index contributed by atoms with van der Waals surface area (Å²) in [5.41, 5.74) is 0. The molecule has 0 heterocycles. The van der Waals surface area contributed by atoms with Crippen LogP contribution in [0.1, 0.15) is 220 Å². The Morgan fingerprint density at radius 2 is 0.696 bits per heavy atom. The second kappa shape index (κ2) is 44.8. The zero-order valence-corrected chi connectivity index (χ0v) is 36.6. The van der Waals surface area contributed by atoms with Gasteiger partial charge < -0.3 is 14.2 Å². The number of rotatable bonds is 41. The van der Waals surface area contributed by atoms with Crippen LogP contribution in [0, 0.1) is 0 Å². The third kappa shape index (κ3) is 42.3. The minimum atomic E-state index is -0.807. The van der Waals surface area contributed by atoms with E-state index in [2.05, 4.69) is 69.4 Å². The summed E-state index contributed by atoms with van der Waals surface area (Å²) in [6.45, 7) is 6.41. The maximum Gasteiger partial charge on any atom is 0.309 e. The molecule has 0 aliphatic rings. The van der Waals surface area contributed by atoms with Gasteiger partial charge in [-0.3, -0.25) is 14.4 Å². The number of ether oxygens (including phenoxy) is 3. The number of unbranched alkanes of at least 4 members (excludes halogenated alkanes) is 21. The molecule has 1 unspecified atom stereocenters. The predicted molar refractivity (Wildman–Crippen MR) is 238 cm³/mol. The van der Waals surface area contributed by atoms with Gasteiger partial charge in [-0.1, -0.05) is 216 Å². The second-order valence-electron chi connectivity index (χ2n) is 15.3. The lowest BCUT2D eigenvalue weighted by Gasteiger charge is -2.18. The highest BCUT2D eigenvalue weighted by molar-refractivity contribution is 5.72. The van der Waals surface area contributed by atoms with Gasteiger partial charge in [0.05, 0.1) is 6.42 Å². The molecular weight excluding hydrogens is 697 g/mol. The summed E-state index contributed by atoms with van der Waals surface area (Å²) in [6, 6.07) is 0. The van der Waals surface area contributed by atoms with E-state index in [4.69, 9.17) is 14.2 Å².